The van der Waals surface area contributed by atoms with Crippen molar-refractivity contribution < 1.29 is 9.18 Å². The summed E-state index contributed by atoms with van der Waals surface area (Å²) < 4.78 is 14.2. The maximum atomic E-state index is 13.5. The fourth-order valence-corrected chi connectivity index (χ4v) is 2.07. The van der Waals surface area contributed by atoms with Gasteiger partial charge in [-0.1, -0.05) is 15.9 Å². The number of halogens is 2. The molecule has 16 heavy (non-hydrogen) atoms. The number of rotatable bonds is 1. The van der Waals surface area contributed by atoms with Crippen molar-refractivity contribution in [3.05, 3.63) is 28.5 Å². The Balaban J connectivity index is 2.35. The first-order valence-corrected chi connectivity index (χ1v) is 5.56. The monoisotopic (exact) mass is 282 g/mol. The number of carbonyl (C=O) groups is 1. The van der Waals surface area contributed by atoms with E-state index >= 15 is 0 Å². The normalized spacial score (nSPS) is 19.9. The topological polar surface area (TPSA) is 44.1 Å². The fourth-order valence-electron chi connectivity index (χ4n) is 1.72. The van der Waals surface area contributed by atoms with Gasteiger partial charge in [0.25, 0.3) is 0 Å². The summed E-state index contributed by atoms with van der Waals surface area (Å²) in [7, 11) is 0. The van der Waals surface area contributed by atoms with Crippen molar-refractivity contribution in [1.82, 2.24) is 0 Å². The van der Waals surface area contributed by atoms with E-state index in [0.29, 0.717) is 4.47 Å². The summed E-state index contributed by atoms with van der Waals surface area (Å²) in [4.78, 5) is 12.9. The first-order chi connectivity index (χ1) is 7.61. The SMILES string of the molecule is N#CC1CC(=O)N(c2cc(Br)ccc2F)C1. The number of hydrogen-bond acceptors (Lipinski definition) is 2. The van der Waals surface area contributed by atoms with Gasteiger partial charge in [-0.15, -0.1) is 0 Å². The largest absolute Gasteiger partial charge is 0.308 e. The maximum absolute atomic E-state index is 13.5. The zero-order valence-corrected chi connectivity index (χ0v) is 9.87. The lowest BCUT2D eigenvalue weighted by atomic mass is 10.1. The fraction of sp³-hybridized carbons (Fsp3) is 0.273. The van der Waals surface area contributed by atoms with E-state index in [0.717, 1.165) is 0 Å². The molecule has 0 spiro atoms. The highest BCUT2D eigenvalue weighted by Crippen LogP contribution is 2.29. The van der Waals surface area contributed by atoms with E-state index in [4.69, 9.17) is 5.26 Å². The van der Waals surface area contributed by atoms with Crippen LogP contribution in [0.1, 0.15) is 6.42 Å². The third-order valence-electron chi connectivity index (χ3n) is 2.51. The molecular weight excluding hydrogens is 275 g/mol. The molecule has 1 aromatic rings. The van der Waals surface area contributed by atoms with Crippen molar-refractivity contribution in [2.75, 3.05) is 11.4 Å². The molecule has 0 bridgehead atoms. The van der Waals surface area contributed by atoms with Gasteiger partial charge in [-0.05, 0) is 18.2 Å². The van der Waals surface area contributed by atoms with E-state index in [1.54, 1.807) is 12.1 Å². The molecule has 1 aliphatic rings. The summed E-state index contributed by atoms with van der Waals surface area (Å²) >= 11 is 3.23. The van der Waals surface area contributed by atoms with Gasteiger partial charge in [0.05, 0.1) is 17.7 Å². The molecule has 5 heteroatoms. The highest BCUT2D eigenvalue weighted by molar-refractivity contribution is 9.10. The summed E-state index contributed by atoms with van der Waals surface area (Å²) in [6.45, 7) is 0.267. The number of anilines is 1. The van der Waals surface area contributed by atoms with Crippen LogP contribution in [0.5, 0.6) is 0 Å². The third-order valence-corrected chi connectivity index (χ3v) is 3.00. The van der Waals surface area contributed by atoms with E-state index in [9.17, 15) is 9.18 Å². The highest BCUT2D eigenvalue weighted by Gasteiger charge is 2.31. The standard InChI is InChI=1S/C11H8BrFN2O/c12-8-1-2-9(13)10(4-8)15-6-7(5-14)3-11(15)16/h1-2,4,7H,3,6H2. The Morgan fingerprint density at radius 3 is 2.94 bits per heavy atom. The lowest BCUT2D eigenvalue weighted by Gasteiger charge is -2.16. The molecule has 82 valence electrons. The number of benzene rings is 1. The Hall–Kier alpha value is -1.41. The van der Waals surface area contributed by atoms with Crippen molar-refractivity contribution in [2.24, 2.45) is 5.92 Å². The van der Waals surface area contributed by atoms with Crippen LogP contribution in [0.3, 0.4) is 0 Å². The lowest BCUT2D eigenvalue weighted by Crippen LogP contribution is -2.25. The minimum absolute atomic E-state index is 0.169. The van der Waals surface area contributed by atoms with E-state index in [1.807, 2.05) is 6.07 Å². The molecule has 1 aliphatic heterocycles. The predicted molar refractivity (Wildman–Crippen MR) is 60.2 cm³/mol. The smallest absolute Gasteiger partial charge is 0.228 e. The summed E-state index contributed by atoms with van der Waals surface area (Å²) in [5.41, 5.74) is 0.233. The number of amides is 1. The van der Waals surface area contributed by atoms with Crippen LogP contribution in [0.15, 0.2) is 22.7 Å². The summed E-state index contributed by atoms with van der Waals surface area (Å²) in [5.74, 6) is -0.996. The van der Waals surface area contributed by atoms with Gasteiger partial charge in [-0.2, -0.15) is 5.26 Å². The van der Waals surface area contributed by atoms with Crippen molar-refractivity contribution in [3.8, 4) is 6.07 Å². The van der Waals surface area contributed by atoms with Crippen LogP contribution in [0, 0.1) is 23.1 Å². The van der Waals surface area contributed by atoms with Crippen LogP contribution in [-0.2, 0) is 4.79 Å². The molecule has 1 fully saturated rings. The Bertz CT molecular complexity index is 483. The van der Waals surface area contributed by atoms with Gasteiger partial charge in [-0.25, -0.2) is 4.39 Å². The minimum atomic E-state index is -0.449. The number of nitriles is 1. The van der Waals surface area contributed by atoms with Crippen LogP contribution >= 0.6 is 15.9 Å². The second-order valence-corrected chi connectivity index (χ2v) is 4.55. The third kappa shape index (κ3) is 1.93. The molecular formula is C11H8BrFN2O. The zero-order valence-electron chi connectivity index (χ0n) is 8.28. The van der Waals surface area contributed by atoms with Crippen LogP contribution in [-0.4, -0.2) is 12.5 Å². The van der Waals surface area contributed by atoms with Crippen LogP contribution < -0.4 is 4.90 Å². The van der Waals surface area contributed by atoms with Crippen LogP contribution in [0.25, 0.3) is 0 Å². The van der Waals surface area contributed by atoms with Crippen LogP contribution in [0.4, 0.5) is 10.1 Å². The molecule has 2 rings (SSSR count). The molecule has 0 aromatic heterocycles. The Morgan fingerprint density at radius 2 is 2.31 bits per heavy atom. The molecule has 1 heterocycles. The summed E-state index contributed by atoms with van der Waals surface area (Å²) in [6.07, 6.45) is 0.169. The minimum Gasteiger partial charge on any atom is -0.308 e. The van der Waals surface area contributed by atoms with E-state index in [2.05, 4.69) is 15.9 Å². The lowest BCUT2D eigenvalue weighted by molar-refractivity contribution is -0.117. The van der Waals surface area contributed by atoms with Gasteiger partial charge in [0.2, 0.25) is 5.91 Å². The number of nitrogens with zero attached hydrogens (tertiary/aromatic N) is 2. The second-order valence-electron chi connectivity index (χ2n) is 3.63. The molecule has 1 aromatic carbocycles. The van der Waals surface area contributed by atoms with Crippen molar-refractivity contribution in [1.29, 1.82) is 5.26 Å². The summed E-state index contributed by atoms with van der Waals surface area (Å²) in [6, 6.07) is 6.45. The van der Waals surface area contributed by atoms with Gasteiger partial charge in [0, 0.05) is 17.4 Å². The molecule has 1 saturated heterocycles. The van der Waals surface area contributed by atoms with E-state index < -0.39 is 5.82 Å². The first kappa shape index (κ1) is 11.1. The predicted octanol–water partition coefficient (Wildman–Crippen LogP) is 2.46. The highest BCUT2D eigenvalue weighted by atomic mass is 79.9. The van der Waals surface area contributed by atoms with Crippen molar-refractivity contribution in [2.45, 2.75) is 6.42 Å². The van der Waals surface area contributed by atoms with Crippen molar-refractivity contribution >= 4 is 27.5 Å². The first-order valence-electron chi connectivity index (χ1n) is 4.77. The number of hydrogen-bond donors (Lipinski definition) is 0. The maximum Gasteiger partial charge on any atom is 0.228 e. The Morgan fingerprint density at radius 1 is 1.56 bits per heavy atom. The average Bonchev–Trinajstić information content (AvgIpc) is 2.63. The van der Waals surface area contributed by atoms with E-state index in [1.165, 1.54) is 11.0 Å². The molecule has 0 saturated carbocycles. The van der Waals surface area contributed by atoms with Gasteiger partial charge in [-0.3, -0.25) is 4.79 Å². The Labute approximate surface area is 101 Å². The van der Waals surface area contributed by atoms with E-state index in [-0.39, 0.29) is 30.5 Å². The summed E-state index contributed by atoms with van der Waals surface area (Å²) in [5, 5.41) is 8.74. The molecule has 0 aliphatic carbocycles. The molecule has 1 atom stereocenters. The Kier molecular flexibility index (Phi) is 2.92. The van der Waals surface area contributed by atoms with Gasteiger partial charge >= 0.3 is 0 Å². The van der Waals surface area contributed by atoms with Gasteiger partial charge in [0.15, 0.2) is 0 Å². The van der Waals surface area contributed by atoms with Crippen LogP contribution in [0.2, 0.25) is 0 Å². The second kappa shape index (κ2) is 4.22. The quantitative estimate of drug-likeness (QED) is 0.794. The molecule has 1 amide bonds. The molecule has 0 N–H and O–H groups in total. The molecule has 3 nitrogen and oxygen atoms in total. The van der Waals surface area contributed by atoms with Gasteiger partial charge < -0.3 is 4.90 Å². The molecule has 1 unspecified atom stereocenters. The average molecular weight is 283 g/mol. The zero-order chi connectivity index (χ0) is 11.7. The van der Waals surface area contributed by atoms with Gasteiger partial charge in [0.1, 0.15) is 5.82 Å². The van der Waals surface area contributed by atoms with Crippen molar-refractivity contribution in [3.63, 3.8) is 0 Å². The molecule has 0 radical (unpaired) electrons. The number of carbonyl (C=O) groups excluding carboxylic acids is 1.